The third-order valence-corrected chi connectivity index (χ3v) is 3.79. The number of aromatic nitrogens is 1. The summed E-state index contributed by atoms with van der Waals surface area (Å²) in [6, 6.07) is 11.4. The Morgan fingerprint density at radius 2 is 2.00 bits per heavy atom. The first kappa shape index (κ1) is 14.3. The monoisotopic (exact) mass is 293 g/mol. The molecule has 1 aromatic heterocycles. The highest BCUT2D eigenvalue weighted by atomic mass is 16.2. The molecular formula is C18H19N3O. The van der Waals surface area contributed by atoms with Gasteiger partial charge in [-0.3, -0.25) is 4.79 Å². The SMILES string of the molecule is O=C(N/N=C/C1CC=CCC1)c1ccccc1-n1cccc1. The highest BCUT2D eigenvalue weighted by molar-refractivity contribution is 5.97. The Kier molecular flexibility index (Phi) is 4.49. The van der Waals surface area contributed by atoms with Crippen molar-refractivity contribution >= 4 is 12.1 Å². The smallest absolute Gasteiger partial charge is 0.273 e. The minimum Gasteiger partial charge on any atom is -0.323 e. The standard InChI is InChI=1S/C18H19N3O/c22-18(20-19-14-15-8-2-1-3-9-15)16-10-4-5-11-17(16)21-12-6-7-13-21/h1-2,4-7,10-15H,3,8-9H2,(H,20,22)/b19-14+. The van der Waals surface area contributed by atoms with Gasteiger partial charge in [-0.05, 0) is 49.4 Å². The van der Waals surface area contributed by atoms with E-state index in [0.29, 0.717) is 11.5 Å². The van der Waals surface area contributed by atoms with Gasteiger partial charge in [0, 0.05) is 18.6 Å². The van der Waals surface area contributed by atoms with Crippen molar-refractivity contribution in [3.8, 4) is 5.69 Å². The number of nitrogens with zero attached hydrogens (tertiary/aromatic N) is 2. The van der Waals surface area contributed by atoms with E-state index >= 15 is 0 Å². The Balaban J connectivity index is 1.70. The summed E-state index contributed by atoms with van der Waals surface area (Å²) < 4.78 is 1.92. The molecule has 0 saturated heterocycles. The van der Waals surface area contributed by atoms with Crippen molar-refractivity contribution in [2.45, 2.75) is 19.3 Å². The molecule has 1 unspecified atom stereocenters. The van der Waals surface area contributed by atoms with Crippen LogP contribution in [0.2, 0.25) is 0 Å². The van der Waals surface area contributed by atoms with E-state index in [1.807, 2.05) is 59.6 Å². The summed E-state index contributed by atoms with van der Waals surface area (Å²) in [6.45, 7) is 0. The molecule has 0 saturated carbocycles. The van der Waals surface area contributed by atoms with Crippen molar-refractivity contribution in [2.75, 3.05) is 0 Å². The molecule has 4 nitrogen and oxygen atoms in total. The van der Waals surface area contributed by atoms with Crippen LogP contribution in [0.25, 0.3) is 5.69 Å². The summed E-state index contributed by atoms with van der Waals surface area (Å²) in [5, 5.41) is 4.13. The van der Waals surface area contributed by atoms with Gasteiger partial charge in [0.2, 0.25) is 0 Å². The third-order valence-electron chi connectivity index (χ3n) is 3.79. The molecule has 22 heavy (non-hydrogen) atoms. The average molecular weight is 293 g/mol. The molecule has 4 heteroatoms. The second-order valence-electron chi connectivity index (χ2n) is 5.37. The summed E-state index contributed by atoms with van der Waals surface area (Å²) in [5.41, 5.74) is 4.10. The van der Waals surface area contributed by atoms with Crippen LogP contribution in [0.1, 0.15) is 29.6 Å². The first-order valence-electron chi connectivity index (χ1n) is 7.55. The lowest BCUT2D eigenvalue weighted by molar-refractivity contribution is 0.0955. The van der Waals surface area contributed by atoms with E-state index in [9.17, 15) is 4.79 Å². The number of allylic oxidation sites excluding steroid dienone is 2. The topological polar surface area (TPSA) is 46.4 Å². The van der Waals surface area contributed by atoms with E-state index in [1.54, 1.807) is 0 Å². The number of para-hydroxylation sites is 1. The van der Waals surface area contributed by atoms with Crippen LogP contribution in [0.5, 0.6) is 0 Å². The average Bonchev–Trinajstić information content (AvgIpc) is 3.10. The second kappa shape index (κ2) is 6.89. The number of benzene rings is 1. The van der Waals surface area contributed by atoms with Gasteiger partial charge in [0.15, 0.2) is 0 Å². The van der Waals surface area contributed by atoms with E-state index in [4.69, 9.17) is 0 Å². The number of carbonyl (C=O) groups excluding carboxylic acids is 1. The molecule has 0 bridgehead atoms. The van der Waals surface area contributed by atoms with E-state index in [-0.39, 0.29) is 5.91 Å². The molecule has 1 heterocycles. The largest absolute Gasteiger partial charge is 0.323 e. The van der Waals surface area contributed by atoms with Gasteiger partial charge in [-0.25, -0.2) is 5.43 Å². The van der Waals surface area contributed by atoms with Crippen LogP contribution in [-0.2, 0) is 0 Å². The summed E-state index contributed by atoms with van der Waals surface area (Å²) in [5.74, 6) is 0.233. The van der Waals surface area contributed by atoms with Crippen molar-refractivity contribution in [3.05, 3.63) is 66.5 Å². The fourth-order valence-corrected chi connectivity index (χ4v) is 2.60. The van der Waals surface area contributed by atoms with Crippen LogP contribution < -0.4 is 5.43 Å². The van der Waals surface area contributed by atoms with Gasteiger partial charge >= 0.3 is 0 Å². The zero-order valence-electron chi connectivity index (χ0n) is 12.4. The van der Waals surface area contributed by atoms with E-state index < -0.39 is 0 Å². The number of nitrogens with one attached hydrogen (secondary N) is 1. The van der Waals surface area contributed by atoms with Crippen LogP contribution in [0.3, 0.4) is 0 Å². The molecule has 2 aromatic rings. The van der Waals surface area contributed by atoms with Crippen LogP contribution in [0, 0.1) is 5.92 Å². The van der Waals surface area contributed by atoms with Gasteiger partial charge in [0.1, 0.15) is 0 Å². The lowest BCUT2D eigenvalue weighted by Crippen LogP contribution is -2.20. The van der Waals surface area contributed by atoms with Gasteiger partial charge in [0.25, 0.3) is 5.91 Å². The first-order valence-corrected chi connectivity index (χ1v) is 7.55. The van der Waals surface area contributed by atoms with Gasteiger partial charge in [0.05, 0.1) is 11.3 Å². The van der Waals surface area contributed by atoms with Crippen molar-refractivity contribution in [2.24, 2.45) is 11.0 Å². The van der Waals surface area contributed by atoms with Gasteiger partial charge in [-0.1, -0.05) is 24.3 Å². The van der Waals surface area contributed by atoms with Crippen LogP contribution >= 0.6 is 0 Å². The van der Waals surface area contributed by atoms with Crippen molar-refractivity contribution in [1.82, 2.24) is 9.99 Å². The molecule has 1 N–H and O–H groups in total. The number of rotatable bonds is 4. The normalized spacial score (nSPS) is 17.7. The molecule has 1 aromatic carbocycles. The summed E-state index contributed by atoms with van der Waals surface area (Å²) >= 11 is 0. The Morgan fingerprint density at radius 3 is 2.77 bits per heavy atom. The Morgan fingerprint density at radius 1 is 1.18 bits per heavy atom. The Labute approximate surface area is 130 Å². The lowest BCUT2D eigenvalue weighted by atomic mass is 9.96. The number of hydrazone groups is 1. The maximum Gasteiger partial charge on any atom is 0.273 e. The number of hydrogen-bond donors (Lipinski definition) is 1. The molecular weight excluding hydrogens is 274 g/mol. The van der Waals surface area contributed by atoms with Crippen LogP contribution in [0.15, 0.2) is 66.0 Å². The maximum atomic E-state index is 12.4. The van der Waals surface area contributed by atoms with Crippen molar-refractivity contribution in [1.29, 1.82) is 0 Å². The Hall–Kier alpha value is -2.62. The molecule has 1 atom stereocenters. The van der Waals surface area contributed by atoms with Gasteiger partial charge in [-0.2, -0.15) is 5.10 Å². The first-order chi connectivity index (χ1) is 10.8. The molecule has 1 amide bonds. The fraction of sp³-hybridized carbons (Fsp3) is 0.222. The van der Waals surface area contributed by atoms with E-state index in [2.05, 4.69) is 22.7 Å². The molecule has 112 valence electrons. The van der Waals surface area contributed by atoms with Crippen molar-refractivity contribution in [3.63, 3.8) is 0 Å². The van der Waals surface area contributed by atoms with Gasteiger partial charge in [-0.15, -0.1) is 0 Å². The highest BCUT2D eigenvalue weighted by Gasteiger charge is 2.11. The maximum absolute atomic E-state index is 12.4. The molecule has 3 rings (SSSR count). The second-order valence-corrected chi connectivity index (χ2v) is 5.37. The quantitative estimate of drug-likeness (QED) is 0.523. The summed E-state index contributed by atoms with van der Waals surface area (Å²) in [7, 11) is 0. The zero-order chi connectivity index (χ0) is 15.2. The highest BCUT2D eigenvalue weighted by Crippen LogP contribution is 2.16. The van der Waals surface area contributed by atoms with Crippen LogP contribution in [0.4, 0.5) is 0 Å². The predicted molar refractivity (Wildman–Crippen MR) is 88.2 cm³/mol. The fourth-order valence-electron chi connectivity index (χ4n) is 2.60. The minimum atomic E-state index is -0.188. The summed E-state index contributed by atoms with van der Waals surface area (Å²) in [6.07, 6.45) is 13.2. The van der Waals surface area contributed by atoms with Gasteiger partial charge < -0.3 is 4.57 Å². The number of carbonyl (C=O) groups is 1. The summed E-state index contributed by atoms with van der Waals surface area (Å²) in [4.78, 5) is 12.4. The molecule has 0 spiro atoms. The third kappa shape index (κ3) is 3.34. The lowest BCUT2D eigenvalue weighted by Gasteiger charge is -2.12. The van der Waals surface area contributed by atoms with Crippen LogP contribution in [-0.4, -0.2) is 16.7 Å². The van der Waals surface area contributed by atoms with E-state index in [1.165, 1.54) is 0 Å². The minimum absolute atomic E-state index is 0.188. The van der Waals surface area contributed by atoms with Crippen molar-refractivity contribution < 1.29 is 4.79 Å². The predicted octanol–water partition coefficient (Wildman–Crippen LogP) is 3.55. The molecule has 0 fully saturated rings. The molecule has 1 aliphatic rings. The molecule has 0 aliphatic heterocycles. The number of amides is 1. The molecule has 0 radical (unpaired) electrons. The number of hydrogen-bond acceptors (Lipinski definition) is 2. The Bertz CT molecular complexity index is 686. The molecule has 1 aliphatic carbocycles. The van der Waals surface area contributed by atoms with E-state index in [0.717, 1.165) is 24.9 Å². The zero-order valence-corrected chi connectivity index (χ0v) is 12.4.